The van der Waals surface area contributed by atoms with Gasteiger partial charge < -0.3 is 10.2 Å². The predicted octanol–water partition coefficient (Wildman–Crippen LogP) is 5.26. The van der Waals surface area contributed by atoms with Crippen LogP contribution in [0.15, 0.2) is 48.5 Å². The van der Waals surface area contributed by atoms with Gasteiger partial charge in [-0.1, -0.05) is 61.3 Å². The quantitative estimate of drug-likeness (QED) is 0.584. The molecule has 6 heteroatoms. The Bertz CT molecular complexity index is 807. The Kier molecular flexibility index (Phi) is 8.99. The summed E-state index contributed by atoms with van der Waals surface area (Å²) in [5, 5.41) is 4.27. The van der Waals surface area contributed by atoms with Gasteiger partial charge in [0.2, 0.25) is 11.8 Å². The Morgan fingerprint density at radius 3 is 1.90 bits per heavy atom. The third-order valence-corrected chi connectivity index (χ3v) is 5.43. The highest BCUT2D eigenvalue weighted by Gasteiger charge is 2.29. The lowest BCUT2D eigenvalue weighted by atomic mass is 10.1. The fourth-order valence-corrected chi connectivity index (χ4v) is 3.28. The number of halogens is 2. The van der Waals surface area contributed by atoms with Gasteiger partial charge in [0.05, 0.1) is 6.42 Å². The fourth-order valence-electron chi connectivity index (χ4n) is 3.03. The summed E-state index contributed by atoms with van der Waals surface area (Å²) in [6.07, 6.45) is 1.57. The van der Waals surface area contributed by atoms with Crippen molar-refractivity contribution in [1.29, 1.82) is 0 Å². The molecule has 0 aliphatic carbocycles. The van der Waals surface area contributed by atoms with E-state index in [1.807, 2.05) is 45.0 Å². The normalized spacial score (nSPS) is 12.9. The highest BCUT2D eigenvalue weighted by Crippen LogP contribution is 2.18. The van der Waals surface area contributed by atoms with Gasteiger partial charge in [-0.05, 0) is 55.2 Å². The van der Waals surface area contributed by atoms with Crippen molar-refractivity contribution in [1.82, 2.24) is 10.2 Å². The summed E-state index contributed by atoms with van der Waals surface area (Å²) in [4.78, 5) is 27.8. The van der Waals surface area contributed by atoms with Gasteiger partial charge in [-0.2, -0.15) is 0 Å². The summed E-state index contributed by atoms with van der Waals surface area (Å²) >= 11 is 11.9. The Labute approximate surface area is 183 Å². The molecule has 0 aromatic heterocycles. The summed E-state index contributed by atoms with van der Waals surface area (Å²) in [5.74, 6) is -0.228. The molecule has 0 spiro atoms. The van der Waals surface area contributed by atoms with Crippen LogP contribution in [0.25, 0.3) is 0 Å². The molecule has 0 aliphatic heterocycles. The van der Waals surface area contributed by atoms with Crippen molar-refractivity contribution >= 4 is 35.0 Å². The number of nitrogens with one attached hydrogen (secondary N) is 1. The van der Waals surface area contributed by atoms with Crippen molar-refractivity contribution in [2.75, 3.05) is 0 Å². The van der Waals surface area contributed by atoms with Crippen molar-refractivity contribution in [3.05, 3.63) is 69.7 Å². The SMILES string of the molecule is CCC(C)NC(=O)C(CC)N(Cc1ccc(Cl)cc1)C(=O)Cc1ccc(Cl)cc1. The van der Waals surface area contributed by atoms with Crippen molar-refractivity contribution in [3.8, 4) is 0 Å². The second kappa shape index (κ2) is 11.2. The maximum absolute atomic E-state index is 13.2. The molecule has 1 N–H and O–H groups in total. The molecular formula is C23H28Cl2N2O2. The monoisotopic (exact) mass is 434 g/mol. The lowest BCUT2D eigenvalue weighted by Gasteiger charge is -2.31. The van der Waals surface area contributed by atoms with E-state index in [2.05, 4.69) is 5.32 Å². The van der Waals surface area contributed by atoms with Gasteiger partial charge in [-0.3, -0.25) is 9.59 Å². The van der Waals surface area contributed by atoms with Crippen LogP contribution in [0.1, 0.15) is 44.7 Å². The zero-order valence-electron chi connectivity index (χ0n) is 17.1. The number of rotatable bonds is 9. The molecule has 2 atom stereocenters. The van der Waals surface area contributed by atoms with E-state index in [4.69, 9.17) is 23.2 Å². The third kappa shape index (κ3) is 7.06. The zero-order valence-corrected chi connectivity index (χ0v) is 18.6. The van der Waals surface area contributed by atoms with Gasteiger partial charge in [0.1, 0.15) is 6.04 Å². The molecular weight excluding hydrogens is 407 g/mol. The first kappa shape index (κ1) is 23.2. The number of hydrogen-bond donors (Lipinski definition) is 1. The molecule has 0 aliphatic rings. The van der Waals surface area contributed by atoms with Crippen LogP contribution < -0.4 is 5.32 Å². The molecule has 0 heterocycles. The van der Waals surface area contributed by atoms with Gasteiger partial charge in [0.15, 0.2) is 0 Å². The average molecular weight is 435 g/mol. The van der Waals surface area contributed by atoms with Crippen LogP contribution in [-0.2, 0) is 22.6 Å². The second-order valence-electron chi connectivity index (χ2n) is 7.19. The van der Waals surface area contributed by atoms with E-state index in [-0.39, 0.29) is 24.3 Å². The summed E-state index contributed by atoms with van der Waals surface area (Å²) in [6.45, 7) is 6.24. The molecule has 2 rings (SSSR count). The fraction of sp³-hybridized carbons (Fsp3) is 0.391. The standard InChI is InChI=1S/C23H28Cl2N2O2/c1-4-16(3)26-23(29)21(5-2)27(15-18-8-12-20(25)13-9-18)22(28)14-17-6-10-19(24)11-7-17/h6-13,16,21H,4-5,14-15H2,1-3H3,(H,26,29). The molecule has 0 bridgehead atoms. The molecule has 2 aromatic rings. The smallest absolute Gasteiger partial charge is 0.243 e. The number of nitrogens with zero attached hydrogens (tertiary/aromatic N) is 1. The van der Waals surface area contributed by atoms with Gasteiger partial charge in [0, 0.05) is 22.6 Å². The predicted molar refractivity (Wildman–Crippen MR) is 119 cm³/mol. The molecule has 0 saturated carbocycles. The van der Waals surface area contributed by atoms with Gasteiger partial charge in [0.25, 0.3) is 0 Å². The van der Waals surface area contributed by atoms with Crippen LogP contribution in [0.5, 0.6) is 0 Å². The Morgan fingerprint density at radius 1 is 0.897 bits per heavy atom. The molecule has 156 valence electrons. The van der Waals surface area contributed by atoms with Crippen molar-refractivity contribution in [2.24, 2.45) is 0 Å². The first-order valence-electron chi connectivity index (χ1n) is 9.92. The van der Waals surface area contributed by atoms with Gasteiger partial charge in [-0.15, -0.1) is 0 Å². The molecule has 2 unspecified atom stereocenters. The number of carbonyl (C=O) groups excluding carboxylic acids is 2. The van der Waals surface area contributed by atoms with Crippen molar-refractivity contribution in [3.63, 3.8) is 0 Å². The Morgan fingerprint density at radius 2 is 1.41 bits per heavy atom. The van der Waals surface area contributed by atoms with Crippen LogP contribution in [0.3, 0.4) is 0 Å². The Balaban J connectivity index is 2.26. The summed E-state index contributed by atoms with van der Waals surface area (Å²) in [7, 11) is 0. The topological polar surface area (TPSA) is 49.4 Å². The largest absolute Gasteiger partial charge is 0.352 e. The van der Waals surface area contributed by atoms with Crippen LogP contribution >= 0.6 is 23.2 Å². The van der Waals surface area contributed by atoms with Crippen LogP contribution in [-0.4, -0.2) is 28.8 Å². The number of benzene rings is 2. The average Bonchev–Trinajstić information content (AvgIpc) is 2.70. The molecule has 0 radical (unpaired) electrons. The Hall–Kier alpha value is -2.04. The highest BCUT2D eigenvalue weighted by atomic mass is 35.5. The highest BCUT2D eigenvalue weighted by molar-refractivity contribution is 6.30. The maximum atomic E-state index is 13.2. The van der Waals surface area contributed by atoms with E-state index in [9.17, 15) is 9.59 Å². The molecule has 2 aromatic carbocycles. The van der Waals surface area contributed by atoms with E-state index in [1.54, 1.807) is 29.2 Å². The van der Waals surface area contributed by atoms with Crippen molar-refractivity contribution < 1.29 is 9.59 Å². The van der Waals surface area contributed by atoms with Crippen LogP contribution in [0.2, 0.25) is 10.0 Å². The van der Waals surface area contributed by atoms with E-state index in [0.717, 1.165) is 17.5 Å². The summed E-state index contributed by atoms with van der Waals surface area (Å²) in [6, 6.07) is 14.1. The molecule has 0 saturated heterocycles. The lowest BCUT2D eigenvalue weighted by Crippen LogP contribution is -2.51. The lowest BCUT2D eigenvalue weighted by molar-refractivity contribution is -0.141. The maximum Gasteiger partial charge on any atom is 0.243 e. The summed E-state index contributed by atoms with van der Waals surface area (Å²) < 4.78 is 0. The van der Waals surface area contributed by atoms with E-state index in [0.29, 0.717) is 23.0 Å². The number of amides is 2. The molecule has 0 fully saturated rings. The van der Waals surface area contributed by atoms with E-state index < -0.39 is 6.04 Å². The summed E-state index contributed by atoms with van der Waals surface area (Å²) in [5.41, 5.74) is 1.78. The van der Waals surface area contributed by atoms with Crippen LogP contribution in [0, 0.1) is 0 Å². The second-order valence-corrected chi connectivity index (χ2v) is 8.07. The number of carbonyl (C=O) groups is 2. The first-order chi connectivity index (χ1) is 13.8. The zero-order chi connectivity index (χ0) is 21.4. The van der Waals surface area contributed by atoms with E-state index >= 15 is 0 Å². The van der Waals surface area contributed by atoms with Crippen molar-refractivity contribution in [2.45, 2.75) is 58.7 Å². The van der Waals surface area contributed by atoms with Crippen LogP contribution in [0.4, 0.5) is 0 Å². The third-order valence-electron chi connectivity index (χ3n) is 4.92. The van der Waals surface area contributed by atoms with Gasteiger partial charge >= 0.3 is 0 Å². The minimum Gasteiger partial charge on any atom is -0.352 e. The minimum atomic E-state index is -0.542. The van der Waals surface area contributed by atoms with Gasteiger partial charge in [-0.25, -0.2) is 0 Å². The molecule has 29 heavy (non-hydrogen) atoms. The van der Waals surface area contributed by atoms with E-state index in [1.165, 1.54) is 0 Å². The first-order valence-corrected chi connectivity index (χ1v) is 10.7. The molecule has 2 amide bonds. The number of hydrogen-bond acceptors (Lipinski definition) is 2. The molecule has 4 nitrogen and oxygen atoms in total. The minimum absolute atomic E-state index is 0.0558.